The first kappa shape index (κ1) is 73.0. The number of rotatable bonds is 39. The molecule has 7 atom stereocenters. The summed E-state index contributed by atoms with van der Waals surface area (Å²) in [6, 6.07) is 18.4. The molecule has 0 radical (unpaired) electrons. The zero-order chi connectivity index (χ0) is 67.8. The van der Waals surface area contributed by atoms with Crippen molar-refractivity contribution >= 4 is 76.6 Å². The molecule has 0 aliphatic carbocycles. The molecule has 1 saturated heterocycles. The molecular formula is C63H83N17O13. The molecule has 1 heterocycles. The van der Waals surface area contributed by atoms with Crippen LogP contribution in [-0.4, -0.2) is 150 Å². The maximum Gasteiger partial charge on any atom is 0.245 e. The largest absolute Gasteiger partial charge is 0.508 e. The second kappa shape index (κ2) is 38.0. The van der Waals surface area contributed by atoms with Gasteiger partial charge < -0.3 is 80.6 Å². The number of aliphatic imine (C=N–C) groups is 1. The van der Waals surface area contributed by atoms with Crippen molar-refractivity contribution in [3.63, 3.8) is 0 Å². The summed E-state index contributed by atoms with van der Waals surface area (Å²) in [4.78, 5) is 158. The SMILES string of the molecule is COc1ccc(C[C@@H](NC(=O)CCc2ccc(O)cc2)C(=O)N[C@@H](Cc2ccccc2)C(=O)N[C@@H](CCC(N)=O)C(=O)N[C@@H](CC(N)=O)C(=O)N[C@@H](CCCN=C(N)N)C(=O)N2CCC[C@H]2C(=O)N[C@@H](CCCCNC(=O)CCc2cccc(N=[N+]=[N-])c2)C(N)=O)cc1. The van der Waals surface area contributed by atoms with Crippen molar-refractivity contribution < 1.29 is 62.6 Å². The Labute approximate surface area is 537 Å². The Morgan fingerprint density at radius 1 is 0.602 bits per heavy atom. The van der Waals surface area contributed by atoms with E-state index in [9.17, 15) is 57.8 Å². The van der Waals surface area contributed by atoms with Gasteiger partial charge in [0.15, 0.2) is 5.96 Å². The number of nitrogens with two attached hydrogens (primary N) is 5. The quantitative estimate of drug-likeness (QED) is 0.00712. The zero-order valence-corrected chi connectivity index (χ0v) is 51.8. The minimum Gasteiger partial charge on any atom is -0.508 e. The minimum absolute atomic E-state index is 0.0150. The lowest BCUT2D eigenvalue weighted by molar-refractivity contribution is -0.142. The average Bonchev–Trinajstić information content (AvgIpc) is 1.81. The molecule has 0 spiro atoms. The van der Waals surface area contributed by atoms with E-state index >= 15 is 0 Å². The number of nitrogens with one attached hydrogen (secondary N) is 7. The first-order valence-corrected chi connectivity index (χ1v) is 30.4. The molecule has 4 aromatic carbocycles. The lowest BCUT2D eigenvalue weighted by Gasteiger charge is -2.30. The van der Waals surface area contributed by atoms with Crippen LogP contribution in [0.2, 0.25) is 0 Å². The number of carbonyl (C=O) groups excluding carboxylic acids is 11. The summed E-state index contributed by atoms with van der Waals surface area (Å²) < 4.78 is 5.29. The molecule has 0 aromatic heterocycles. The number of hydrogen-bond acceptors (Lipinski definition) is 15. The summed E-state index contributed by atoms with van der Waals surface area (Å²) in [5.74, 6) is -8.66. The molecule has 1 aliphatic rings. The number of unbranched alkanes of at least 4 members (excludes halogenated alkanes) is 1. The highest BCUT2D eigenvalue weighted by Gasteiger charge is 2.40. The number of amides is 11. The standard InChI is InChI=1S/C63H83N17O13/c1-93-44-25-19-41(20-26-44)36-48(72-55(85)30-21-38-17-23-43(81)24-18-38)58(88)76-49(35-39-10-3-2-4-11-39)59(89)74-46(27-28-52(64)82)57(87)77-50(37-53(65)83)60(90)75-47(15-8-32-71-63(67)68)62(92)80-33-9-16-51(80)61(91)73-45(56(66)86)14-5-6-31-70-54(84)29-22-40-12-7-13-42(34-40)78-79-69/h2-4,7,10-13,17-20,23-26,34,45-51,81H,5-6,8-9,14-16,21-22,27-33,35-37H2,1H3,(H2,64,82)(H2,65,83)(H2,66,86)(H,70,84)(H,72,85)(H,73,91)(H,74,89)(H,75,90)(H,76,88)(H,77,87)(H4,67,68,71)/t45-,46-,47-,48+,49-,50-,51-/m0/s1. The number of nitrogens with zero attached hydrogens (tertiary/aromatic N) is 5. The fourth-order valence-electron chi connectivity index (χ4n) is 10.2. The Bertz CT molecular complexity index is 3310. The van der Waals surface area contributed by atoms with E-state index in [4.69, 9.17) is 38.9 Å². The highest BCUT2D eigenvalue weighted by Crippen LogP contribution is 2.22. The molecule has 1 aliphatic heterocycles. The topological polar surface area (TPSA) is 496 Å². The number of primary amides is 3. The second-order valence-electron chi connectivity index (χ2n) is 22.3. The smallest absolute Gasteiger partial charge is 0.245 e. The first-order chi connectivity index (χ1) is 44.5. The number of ether oxygens (including phenoxy) is 1. The van der Waals surface area contributed by atoms with Gasteiger partial charge in [0, 0.05) is 62.3 Å². The molecule has 1 fully saturated rings. The lowest BCUT2D eigenvalue weighted by Crippen LogP contribution is -2.60. The van der Waals surface area contributed by atoms with E-state index < -0.39 is 121 Å². The van der Waals surface area contributed by atoms with Crippen molar-refractivity contribution in [1.82, 2.24) is 42.1 Å². The van der Waals surface area contributed by atoms with E-state index in [1.807, 2.05) is 0 Å². The normalized spacial score (nSPS) is 14.3. The number of phenols is 1. The van der Waals surface area contributed by atoms with Crippen LogP contribution < -0.4 is 70.6 Å². The fraction of sp³-hybridized carbons (Fsp3) is 0.429. The van der Waals surface area contributed by atoms with Crippen molar-refractivity contribution in [1.29, 1.82) is 0 Å². The summed E-state index contributed by atoms with van der Waals surface area (Å²) in [6.07, 6.45) is 0.0612. The van der Waals surface area contributed by atoms with Crippen LogP contribution in [0.3, 0.4) is 0 Å². The Balaban J connectivity index is 1.30. The number of phenolic OH excluding ortho intramolecular Hbond substituents is 1. The van der Waals surface area contributed by atoms with Crippen molar-refractivity contribution in [2.24, 2.45) is 38.8 Å². The second-order valence-corrected chi connectivity index (χ2v) is 22.3. The third-order valence-corrected chi connectivity index (χ3v) is 15.1. The highest BCUT2D eigenvalue weighted by molar-refractivity contribution is 5.99. The van der Waals surface area contributed by atoms with Gasteiger partial charge in [-0.1, -0.05) is 77.9 Å². The third-order valence-electron chi connectivity index (χ3n) is 15.1. The maximum absolute atomic E-state index is 14.6. The third kappa shape index (κ3) is 25.9. The van der Waals surface area contributed by atoms with Gasteiger partial charge in [-0.3, -0.25) is 57.7 Å². The number of benzene rings is 4. The van der Waals surface area contributed by atoms with Crippen LogP contribution in [0, 0.1) is 0 Å². The van der Waals surface area contributed by atoms with Crippen molar-refractivity contribution in [3.8, 4) is 11.5 Å². The van der Waals surface area contributed by atoms with Crippen LogP contribution in [-0.2, 0) is 78.4 Å². The van der Waals surface area contributed by atoms with Crippen LogP contribution in [0.1, 0.15) is 99.3 Å². The van der Waals surface area contributed by atoms with Gasteiger partial charge in [0.05, 0.1) is 13.5 Å². The van der Waals surface area contributed by atoms with Crippen LogP contribution in [0.25, 0.3) is 10.4 Å². The van der Waals surface area contributed by atoms with E-state index in [0.717, 1.165) is 11.1 Å². The molecule has 498 valence electrons. The maximum atomic E-state index is 14.6. The molecule has 4 aromatic rings. The van der Waals surface area contributed by atoms with Gasteiger partial charge in [0.2, 0.25) is 65.0 Å². The summed E-state index contributed by atoms with van der Waals surface area (Å²) in [5, 5.41) is 31.8. The number of aryl methyl sites for hydroxylation is 2. The predicted octanol–water partition coefficient (Wildman–Crippen LogP) is 0.259. The van der Waals surface area contributed by atoms with Gasteiger partial charge in [-0.25, -0.2) is 0 Å². The van der Waals surface area contributed by atoms with Gasteiger partial charge in [-0.15, -0.1) is 0 Å². The molecule has 30 heteroatoms. The van der Waals surface area contributed by atoms with E-state index in [-0.39, 0.29) is 95.0 Å². The molecule has 18 N–H and O–H groups in total. The number of guanidine groups is 1. The highest BCUT2D eigenvalue weighted by atomic mass is 16.5. The van der Waals surface area contributed by atoms with Crippen LogP contribution in [0.15, 0.2) is 113 Å². The number of methoxy groups -OCH3 is 1. The van der Waals surface area contributed by atoms with E-state index in [2.05, 4.69) is 52.2 Å². The molecular weight excluding hydrogens is 1200 g/mol. The Morgan fingerprint density at radius 3 is 1.83 bits per heavy atom. The molecule has 0 bridgehead atoms. The van der Waals surface area contributed by atoms with Gasteiger partial charge in [-0.2, -0.15) is 0 Å². The molecule has 0 saturated carbocycles. The summed E-state index contributed by atoms with van der Waals surface area (Å²) in [5.41, 5.74) is 39.8. The average molecular weight is 1290 g/mol. The Morgan fingerprint density at radius 2 is 1.18 bits per heavy atom. The van der Waals surface area contributed by atoms with Gasteiger partial charge in [0.25, 0.3) is 0 Å². The first-order valence-electron chi connectivity index (χ1n) is 30.4. The number of azide groups is 1. The Hall–Kier alpha value is -10.8. The molecule has 30 nitrogen and oxygen atoms in total. The molecule has 93 heavy (non-hydrogen) atoms. The van der Waals surface area contributed by atoms with Crippen LogP contribution >= 0.6 is 0 Å². The summed E-state index contributed by atoms with van der Waals surface area (Å²) in [6.45, 7) is 0.278. The van der Waals surface area contributed by atoms with Crippen LogP contribution in [0.5, 0.6) is 11.5 Å². The van der Waals surface area contributed by atoms with Gasteiger partial charge >= 0.3 is 0 Å². The molecule has 11 amide bonds. The number of aromatic hydroxyl groups is 1. The summed E-state index contributed by atoms with van der Waals surface area (Å²) >= 11 is 0. The van der Waals surface area contributed by atoms with E-state index in [0.29, 0.717) is 48.2 Å². The number of carbonyl (C=O) groups is 11. The van der Waals surface area contributed by atoms with Crippen LogP contribution in [0.4, 0.5) is 5.69 Å². The lowest BCUT2D eigenvalue weighted by atomic mass is 10.0. The minimum atomic E-state index is -1.83. The van der Waals surface area contributed by atoms with Crippen molar-refractivity contribution in [3.05, 3.63) is 136 Å². The van der Waals surface area contributed by atoms with E-state index in [1.54, 1.807) is 91.0 Å². The number of hydrogen-bond donors (Lipinski definition) is 13. The van der Waals surface area contributed by atoms with Crippen molar-refractivity contribution in [2.45, 2.75) is 145 Å². The zero-order valence-electron chi connectivity index (χ0n) is 51.8. The van der Waals surface area contributed by atoms with Crippen molar-refractivity contribution in [2.75, 3.05) is 26.7 Å². The fourth-order valence-corrected chi connectivity index (χ4v) is 10.2. The van der Waals surface area contributed by atoms with E-state index in [1.165, 1.54) is 24.1 Å². The van der Waals surface area contributed by atoms with Gasteiger partial charge in [-0.05, 0) is 122 Å². The predicted molar refractivity (Wildman–Crippen MR) is 341 cm³/mol. The Kier molecular flexibility index (Phi) is 29.9. The summed E-state index contributed by atoms with van der Waals surface area (Å²) in [7, 11) is 1.49. The monoisotopic (exact) mass is 1290 g/mol. The number of likely N-dealkylation sites (tertiary alicyclic amines) is 1. The van der Waals surface area contributed by atoms with Gasteiger partial charge in [0.1, 0.15) is 53.8 Å². The molecule has 0 unspecified atom stereocenters. The molecule has 5 rings (SSSR count).